The van der Waals surface area contributed by atoms with E-state index in [1.807, 2.05) is 36.4 Å². The van der Waals surface area contributed by atoms with E-state index in [0.717, 1.165) is 59.9 Å². The van der Waals surface area contributed by atoms with E-state index >= 15 is 0 Å². The number of nitrogen functional groups attached to an aromatic ring is 2. The van der Waals surface area contributed by atoms with Gasteiger partial charge in [-0.2, -0.15) is 0 Å². The summed E-state index contributed by atoms with van der Waals surface area (Å²) in [5, 5.41) is 5.96. The average Bonchev–Trinajstić information content (AvgIpc) is 2.67. The van der Waals surface area contributed by atoms with Gasteiger partial charge in [-0.15, -0.1) is 0 Å². The molecule has 4 rings (SSSR count). The second-order valence-corrected chi connectivity index (χ2v) is 8.42. The van der Waals surface area contributed by atoms with Crippen LogP contribution >= 0.6 is 23.2 Å². The van der Waals surface area contributed by atoms with Gasteiger partial charge in [-0.1, -0.05) is 41.4 Å². The Labute approximate surface area is 175 Å². The van der Waals surface area contributed by atoms with Gasteiger partial charge in [0.2, 0.25) is 0 Å². The Morgan fingerprint density at radius 1 is 0.964 bits per heavy atom. The Morgan fingerprint density at radius 3 is 2.36 bits per heavy atom. The van der Waals surface area contributed by atoms with Crippen LogP contribution in [-0.4, -0.2) is 11.0 Å². The van der Waals surface area contributed by atoms with Crippen LogP contribution in [0.3, 0.4) is 0 Å². The molecule has 1 aromatic heterocycles. The van der Waals surface area contributed by atoms with E-state index in [1.54, 1.807) is 6.07 Å². The van der Waals surface area contributed by atoms with Gasteiger partial charge < -0.3 is 16.8 Å². The van der Waals surface area contributed by atoms with Crippen LogP contribution in [0.4, 0.5) is 11.5 Å². The number of aromatic nitrogens is 1. The van der Waals surface area contributed by atoms with E-state index in [1.165, 1.54) is 0 Å². The predicted molar refractivity (Wildman–Crippen MR) is 119 cm³/mol. The monoisotopic (exact) mass is 414 g/mol. The molecule has 1 saturated carbocycles. The molecule has 6 heteroatoms. The minimum absolute atomic E-state index is 0.357. The van der Waals surface area contributed by atoms with E-state index < -0.39 is 0 Å². The van der Waals surface area contributed by atoms with Crippen molar-refractivity contribution in [3.05, 3.63) is 63.6 Å². The maximum absolute atomic E-state index is 6.49. The molecule has 0 spiro atoms. The molecule has 0 amide bonds. The molecule has 0 radical (unpaired) electrons. The Kier molecular flexibility index (Phi) is 5.63. The van der Waals surface area contributed by atoms with Crippen LogP contribution in [0.15, 0.2) is 42.5 Å². The number of rotatable bonds is 4. The Bertz CT molecular complexity index is 977. The van der Waals surface area contributed by atoms with Crippen molar-refractivity contribution >= 4 is 45.6 Å². The van der Waals surface area contributed by atoms with Crippen molar-refractivity contribution in [2.45, 2.75) is 44.2 Å². The van der Waals surface area contributed by atoms with Crippen LogP contribution in [0.1, 0.15) is 42.7 Å². The fourth-order valence-electron chi connectivity index (χ4n) is 4.26. The van der Waals surface area contributed by atoms with Crippen LogP contribution in [0, 0.1) is 0 Å². The number of halogens is 2. The predicted octanol–water partition coefficient (Wildman–Crippen LogP) is 5.52. The molecule has 2 aromatic carbocycles. The molecule has 1 heterocycles. The normalized spacial score (nSPS) is 19.8. The SMILES string of the molecule is Nc1nc2ccccc2c(N)c1C1CCC(NCc2cc(Cl)cc(Cl)c2)CC1. The molecular formula is C22H24Cl2N4. The summed E-state index contributed by atoms with van der Waals surface area (Å²) < 4.78 is 0. The molecule has 0 unspecified atom stereocenters. The molecule has 3 aromatic rings. The van der Waals surface area contributed by atoms with Crippen LogP contribution in [0.25, 0.3) is 10.9 Å². The highest BCUT2D eigenvalue weighted by Crippen LogP contribution is 2.40. The molecular weight excluding hydrogens is 391 g/mol. The summed E-state index contributed by atoms with van der Waals surface area (Å²) in [5.74, 6) is 0.928. The standard InChI is InChI=1S/C22H24Cl2N4/c23-15-9-13(10-16(24)11-15)12-27-17-7-5-14(6-8-17)20-21(25)18-3-1-2-4-19(18)28-22(20)26/h1-4,9-11,14,17,27H,5-8,12H2,(H4,25,26,28). The number of hydrogen-bond acceptors (Lipinski definition) is 4. The van der Waals surface area contributed by atoms with Crippen LogP contribution in [-0.2, 0) is 6.54 Å². The molecule has 0 atom stereocenters. The number of nitrogens with one attached hydrogen (secondary N) is 1. The summed E-state index contributed by atoms with van der Waals surface area (Å²) in [7, 11) is 0. The molecule has 0 aliphatic heterocycles. The van der Waals surface area contributed by atoms with Gasteiger partial charge in [0.1, 0.15) is 5.82 Å². The lowest BCUT2D eigenvalue weighted by molar-refractivity contribution is 0.342. The Hall–Kier alpha value is -2.01. The zero-order valence-electron chi connectivity index (χ0n) is 15.6. The third-order valence-electron chi connectivity index (χ3n) is 5.65. The van der Waals surface area contributed by atoms with Gasteiger partial charge in [0.25, 0.3) is 0 Å². The second-order valence-electron chi connectivity index (χ2n) is 7.55. The van der Waals surface area contributed by atoms with E-state index in [4.69, 9.17) is 34.7 Å². The van der Waals surface area contributed by atoms with E-state index in [9.17, 15) is 0 Å². The molecule has 0 saturated heterocycles. The number of benzene rings is 2. The zero-order chi connectivity index (χ0) is 19.7. The van der Waals surface area contributed by atoms with Crippen molar-refractivity contribution in [3.8, 4) is 0 Å². The first-order chi connectivity index (χ1) is 13.5. The Morgan fingerprint density at radius 2 is 1.64 bits per heavy atom. The van der Waals surface area contributed by atoms with Crippen molar-refractivity contribution in [2.24, 2.45) is 0 Å². The maximum atomic E-state index is 6.49. The molecule has 1 aliphatic carbocycles. The van der Waals surface area contributed by atoms with Crippen LogP contribution in [0.2, 0.25) is 10.0 Å². The summed E-state index contributed by atoms with van der Waals surface area (Å²) in [5.41, 5.74) is 16.5. The first kappa shape index (κ1) is 19.3. The molecule has 1 fully saturated rings. The van der Waals surface area contributed by atoms with Gasteiger partial charge in [0, 0.05) is 39.3 Å². The third-order valence-corrected chi connectivity index (χ3v) is 6.09. The third kappa shape index (κ3) is 4.04. The summed E-state index contributed by atoms with van der Waals surface area (Å²) in [6.07, 6.45) is 4.24. The lowest BCUT2D eigenvalue weighted by Crippen LogP contribution is -2.32. The highest BCUT2D eigenvalue weighted by atomic mass is 35.5. The van der Waals surface area contributed by atoms with Gasteiger partial charge >= 0.3 is 0 Å². The molecule has 0 bridgehead atoms. The largest absolute Gasteiger partial charge is 0.398 e. The van der Waals surface area contributed by atoms with Crippen molar-refractivity contribution in [1.82, 2.24) is 10.3 Å². The lowest BCUT2D eigenvalue weighted by Gasteiger charge is -2.31. The topological polar surface area (TPSA) is 77.0 Å². The van der Waals surface area contributed by atoms with E-state index in [2.05, 4.69) is 10.3 Å². The number of nitrogens with two attached hydrogens (primary N) is 2. The van der Waals surface area contributed by atoms with Crippen molar-refractivity contribution in [1.29, 1.82) is 0 Å². The first-order valence-corrected chi connectivity index (χ1v) is 10.4. The number of hydrogen-bond donors (Lipinski definition) is 3. The number of nitrogens with zero attached hydrogens (tertiary/aromatic N) is 1. The smallest absolute Gasteiger partial charge is 0.129 e. The highest BCUT2D eigenvalue weighted by Gasteiger charge is 2.26. The van der Waals surface area contributed by atoms with Crippen molar-refractivity contribution in [3.63, 3.8) is 0 Å². The molecule has 28 heavy (non-hydrogen) atoms. The zero-order valence-corrected chi connectivity index (χ0v) is 17.1. The quantitative estimate of drug-likeness (QED) is 0.524. The van der Waals surface area contributed by atoms with Crippen LogP contribution < -0.4 is 16.8 Å². The summed E-state index contributed by atoms with van der Waals surface area (Å²) in [4.78, 5) is 4.58. The van der Waals surface area contributed by atoms with E-state index in [0.29, 0.717) is 27.8 Å². The lowest BCUT2D eigenvalue weighted by atomic mass is 9.80. The van der Waals surface area contributed by atoms with Gasteiger partial charge in [0.05, 0.1) is 5.52 Å². The average molecular weight is 415 g/mol. The number of fused-ring (bicyclic) bond motifs is 1. The molecule has 5 N–H and O–H groups in total. The highest BCUT2D eigenvalue weighted by molar-refractivity contribution is 6.34. The second kappa shape index (κ2) is 8.16. The van der Waals surface area contributed by atoms with Crippen LogP contribution in [0.5, 0.6) is 0 Å². The summed E-state index contributed by atoms with van der Waals surface area (Å²) in [6, 6.07) is 14.0. The minimum Gasteiger partial charge on any atom is -0.398 e. The minimum atomic E-state index is 0.357. The van der Waals surface area contributed by atoms with Crippen molar-refractivity contribution < 1.29 is 0 Å². The fourth-order valence-corrected chi connectivity index (χ4v) is 4.83. The summed E-state index contributed by atoms with van der Waals surface area (Å²) >= 11 is 12.2. The molecule has 4 nitrogen and oxygen atoms in total. The van der Waals surface area contributed by atoms with Gasteiger partial charge in [-0.05, 0) is 61.4 Å². The van der Waals surface area contributed by atoms with E-state index in [-0.39, 0.29) is 0 Å². The van der Waals surface area contributed by atoms with Gasteiger partial charge in [-0.25, -0.2) is 4.98 Å². The molecule has 1 aliphatic rings. The number of pyridine rings is 1. The molecule has 146 valence electrons. The number of anilines is 2. The van der Waals surface area contributed by atoms with Gasteiger partial charge in [0.15, 0.2) is 0 Å². The summed E-state index contributed by atoms with van der Waals surface area (Å²) in [6.45, 7) is 0.761. The number of para-hydroxylation sites is 1. The van der Waals surface area contributed by atoms with Crippen molar-refractivity contribution in [2.75, 3.05) is 11.5 Å². The van der Waals surface area contributed by atoms with Gasteiger partial charge in [-0.3, -0.25) is 0 Å². The fraction of sp³-hybridized carbons (Fsp3) is 0.318. The Balaban J connectivity index is 1.42. The maximum Gasteiger partial charge on any atom is 0.129 e. The first-order valence-electron chi connectivity index (χ1n) is 9.63.